The van der Waals surface area contributed by atoms with E-state index in [9.17, 15) is 23.6 Å². The van der Waals surface area contributed by atoms with Crippen molar-refractivity contribution in [3.63, 3.8) is 0 Å². The van der Waals surface area contributed by atoms with Gasteiger partial charge in [-0.25, -0.2) is 9.18 Å². The molecule has 1 aliphatic rings. The van der Waals surface area contributed by atoms with Crippen molar-refractivity contribution in [3.05, 3.63) is 70.4 Å². The topological polar surface area (TPSA) is 105 Å². The summed E-state index contributed by atoms with van der Waals surface area (Å²) in [7, 11) is 0. The number of hydrogen-bond donors (Lipinski definition) is 2. The lowest BCUT2D eigenvalue weighted by Gasteiger charge is -2.20. The molecule has 10 heteroatoms. The van der Waals surface area contributed by atoms with Gasteiger partial charge in [0, 0.05) is 13.1 Å². The number of unbranched alkanes of at least 4 members (excludes halogenated alkanes) is 1. The first-order valence-electron chi connectivity index (χ1n) is 11.4. The molecule has 0 aliphatic carbocycles. The molecule has 0 bridgehead atoms. The van der Waals surface area contributed by atoms with Crippen LogP contribution in [0.15, 0.2) is 53.4 Å². The van der Waals surface area contributed by atoms with Gasteiger partial charge in [0.25, 0.3) is 17.1 Å². The number of amides is 4. The molecule has 0 atom stereocenters. The van der Waals surface area contributed by atoms with Crippen LogP contribution in [0.1, 0.15) is 49.5 Å². The minimum atomic E-state index is -0.671. The summed E-state index contributed by atoms with van der Waals surface area (Å²) in [6, 6.07) is 12.2. The number of hydrogen-bond acceptors (Lipinski definition) is 6. The minimum absolute atomic E-state index is 0.220. The molecule has 1 heterocycles. The van der Waals surface area contributed by atoms with E-state index < -0.39 is 11.7 Å². The predicted molar refractivity (Wildman–Crippen MR) is 137 cm³/mol. The molecule has 1 fully saturated rings. The first-order chi connectivity index (χ1) is 17.0. The van der Waals surface area contributed by atoms with Crippen LogP contribution in [-0.2, 0) is 9.53 Å². The summed E-state index contributed by atoms with van der Waals surface area (Å²) in [5.74, 6) is -1.13. The predicted octanol–water partition coefficient (Wildman–Crippen LogP) is 5.42. The number of thioether (sulfide) groups is 1. The van der Waals surface area contributed by atoms with Crippen LogP contribution in [0.4, 0.5) is 19.7 Å². The van der Waals surface area contributed by atoms with Gasteiger partial charge in [-0.3, -0.25) is 24.6 Å². The number of rotatable bonds is 8. The Balaban J connectivity index is 1.47. The summed E-state index contributed by atoms with van der Waals surface area (Å²) in [5.41, 5.74) is 0.580. The second-order valence-electron chi connectivity index (χ2n) is 9.02. The highest BCUT2D eigenvalue weighted by molar-refractivity contribution is 8.18. The van der Waals surface area contributed by atoms with Crippen molar-refractivity contribution in [2.45, 2.75) is 39.2 Å². The summed E-state index contributed by atoms with van der Waals surface area (Å²) in [6.07, 6.45) is 1.94. The van der Waals surface area contributed by atoms with Gasteiger partial charge >= 0.3 is 6.09 Å². The molecule has 0 saturated carbocycles. The molecule has 36 heavy (non-hydrogen) atoms. The van der Waals surface area contributed by atoms with Crippen molar-refractivity contribution in [1.82, 2.24) is 10.2 Å². The van der Waals surface area contributed by atoms with Gasteiger partial charge in [0.2, 0.25) is 0 Å². The maximum Gasteiger partial charge on any atom is 0.412 e. The van der Waals surface area contributed by atoms with Crippen LogP contribution in [0.25, 0.3) is 6.08 Å². The van der Waals surface area contributed by atoms with Crippen molar-refractivity contribution in [2.75, 3.05) is 18.4 Å². The highest BCUT2D eigenvalue weighted by atomic mass is 32.2. The van der Waals surface area contributed by atoms with E-state index in [1.54, 1.807) is 51.1 Å². The van der Waals surface area contributed by atoms with E-state index in [1.807, 2.05) is 0 Å². The molecule has 2 aromatic rings. The normalized spacial score (nSPS) is 14.8. The van der Waals surface area contributed by atoms with Gasteiger partial charge in [-0.05, 0) is 81.3 Å². The third-order valence-electron chi connectivity index (χ3n) is 4.94. The fraction of sp³-hybridized carbons (Fsp3) is 0.308. The van der Waals surface area contributed by atoms with Crippen LogP contribution in [0.2, 0.25) is 0 Å². The van der Waals surface area contributed by atoms with E-state index in [0.29, 0.717) is 36.2 Å². The van der Waals surface area contributed by atoms with E-state index in [1.165, 1.54) is 29.2 Å². The highest BCUT2D eigenvalue weighted by Crippen LogP contribution is 2.32. The molecule has 3 rings (SSSR count). The Kier molecular flexibility index (Phi) is 8.87. The molecule has 8 nitrogen and oxygen atoms in total. The fourth-order valence-corrected chi connectivity index (χ4v) is 4.16. The first kappa shape index (κ1) is 26.9. The lowest BCUT2D eigenvalue weighted by molar-refractivity contribution is -0.122. The molecule has 4 amide bonds. The molecule has 1 aliphatic heterocycles. The van der Waals surface area contributed by atoms with Crippen molar-refractivity contribution < 1.29 is 28.3 Å². The van der Waals surface area contributed by atoms with Crippen molar-refractivity contribution in [2.24, 2.45) is 0 Å². The number of anilines is 1. The van der Waals surface area contributed by atoms with Gasteiger partial charge in [0.1, 0.15) is 11.4 Å². The maximum absolute atomic E-state index is 13.1. The van der Waals surface area contributed by atoms with E-state index in [-0.39, 0.29) is 34.3 Å². The molecular weight excluding hydrogens is 485 g/mol. The van der Waals surface area contributed by atoms with Crippen molar-refractivity contribution >= 4 is 46.7 Å². The average Bonchev–Trinajstić information content (AvgIpc) is 3.06. The van der Waals surface area contributed by atoms with E-state index >= 15 is 0 Å². The Labute approximate surface area is 213 Å². The molecule has 2 aromatic carbocycles. The summed E-state index contributed by atoms with van der Waals surface area (Å²) in [6.45, 7) is 5.78. The van der Waals surface area contributed by atoms with E-state index in [4.69, 9.17) is 4.74 Å². The second-order valence-corrected chi connectivity index (χ2v) is 10.0. The van der Waals surface area contributed by atoms with Gasteiger partial charge in [-0.15, -0.1) is 0 Å². The summed E-state index contributed by atoms with van der Waals surface area (Å²) >= 11 is 0.847. The first-order valence-corrected chi connectivity index (χ1v) is 12.2. The standard InChI is InChI=1S/C26H28FN3O5S/c1-26(2,3)35-24(33)29-20-9-5-4-8-19(20)22(31)28-14-6-7-15-30-23(32)21(36-25(30)34)16-17-10-12-18(27)13-11-17/h4-5,8-13,16H,6-7,14-15H2,1-3H3,(H,28,31)(H,29,33). The monoisotopic (exact) mass is 513 g/mol. The summed E-state index contributed by atoms with van der Waals surface area (Å²) in [4.78, 5) is 51.0. The van der Waals surface area contributed by atoms with E-state index in [0.717, 1.165) is 11.8 Å². The zero-order valence-electron chi connectivity index (χ0n) is 20.3. The number of imide groups is 1. The Morgan fingerprint density at radius 1 is 1.06 bits per heavy atom. The Morgan fingerprint density at radius 3 is 2.44 bits per heavy atom. The van der Waals surface area contributed by atoms with Crippen LogP contribution < -0.4 is 10.6 Å². The number of ether oxygens (including phenoxy) is 1. The second kappa shape index (κ2) is 11.9. The zero-order valence-corrected chi connectivity index (χ0v) is 21.1. The van der Waals surface area contributed by atoms with Gasteiger partial charge in [0.15, 0.2) is 0 Å². The fourth-order valence-electron chi connectivity index (χ4n) is 3.30. The lowest BCUT2D eigenvalue weighted by atomic mass is 10.1. The number of para-hydroxylation sites is 1. The van der Waals surface area contributed by atoms with Gasteiger partial charge in [-0.1, -0.05) is 24.3 Å². The zero-order chi connectivity index (χ0) is 26.3. The molecule has 0 radical (unpaired) electrons. The van der Waals surface area contributed by atoms with Crippen molar-refractivity contribution in [1.29, 1.82) is 0 Å². The average molecular weight is 514 g/mol. The summed E-state index contributed by atoms with van der Waals surface area (Å²) in [5, 5.41) is 5.02. The maximum atomic E-state index is 13.1. The number of carbonyl (C=O) groups excluding carboxylic acids is 4. The molecule has 190 valence electrons. The molecule has 0 aromatic heterocycles. The van der Waals surface area contributed by atoms with Crippen LogP contribution in [0.3, 0.4) is 0 Å². The Hall–Kier alpha value is -3.66. The van der Waals surface area contributed by atoms with Crippen LogP contribution >= 0.6 is 11.8 Å². The van der Waals surface area contributed by atoms with Crippen molar-refractivity contribution in [3.8, 4) is 0 Å². The lowest BCUT2D eigenvalue weighted by Crippen LogP contribution is -2.31. The molecule has 1 saturated heterocycles. The van der Waals surface area contributed by atoms with Gasteiger partial charge in [0.05, 0.1) is 16.2 Å². The molecule has 0 unspecified atom stereocenters. The highest BCUT2D eigenvalue weighted by Gasteiger charge is 2.34. The van der Waals surface area contributed by atoms with Gasteiger partial charge < -0.3 is 10.1 Å². The third-order valence-corrected chi connectivity index (χ3v) is 5.85. The SMILES string of the molecule is CC(C)(C)OC(=O)Nc1ccccc1C(=O)NCCCCN1C(=O)SC(=Cc2ccc(F)cc2)C1=O. The van der Waals surface area contributed by atoms with E-state index in [2.05, 4.69) is 10.6 Å². The largest absolute Gasteiger partial charge is 0.444 e. The number of halogens is 1. The molecular formula is C26H28FN3O5S. The summed E-state index contributed by atoms with van der Waals surface area (Å²) < 4.78 is 18.3. The third kappa shape index (κ3) is 7.67. The number of carbonyl (C=O) groups is 4. The van der Waals surface area contributed by atoms with Crippen LogP contribution in [-0.4, -0.2) is 46.7 Å². The van der Waals surface area contributed by atoms with Crippen LogP contribution in [0.5, 0.6) is 0 Å². The Morgan fingerprint density at radius 2 is 1.75 bits per heavy atom. The molecule has 0 spiro atoms. The number of nitrogens with zero attached hydrogens (tertiary/aromatic N) is 1. The molecule has 2 N–H and O–H groups in total. The smallest absolute Gasteiger partial charge is 0.412 e. The van der Waals surface area contributed by atoms with Gasteiger partial charge in [-0.2, -0.15) is 0 Å². The number of benzene rings is 2. The Bertz CT molecular complexity index is 1170. The quantitative estimate of drug-likeness (QED) is 0.361. The number of nitrogens with one attached hydrogen (secondary N) is 2. The van der Waals surface area contributed by atoms with Crippen LogP contribution in [0, 0.1) is 5.82 Å². The minimum Gasteiger partial charge on any atom is -0.444 e.